The number of rotatable bonds is 4. The summed E-state index contributed by atoms with van der Waals surface area (Å²) in [6, 6.07) is 0. The van der Waals surface area contributed by atoms with Crippen LogP contribution in [0.2, 0.25) is 0 Å². The van der Waals surface area contributed by atoms with E-state index in [1.807, 2.05) is 0 Å². The summed E-state index contributed by atoms with van der Waals surface area (Å²) < 4.78 is 0. The van der Waals surface area contributed by atoms with Crippen LogP contribution in [0.25, 0.3) is 0 Å². The topological polar surface area (TPSA) is 98.0 Å². The smallest absolute Gasteiger partial charge is 0.396 e. The average molecular weight is 169 g/mol. The zero-order chi connectivity index (χ0) is 8.20. The van der Waals surface area contributed by atoms with Crippen LogP contribution in [0.3, 0.4) is 0 Å². The third kappa shape index (κ3) is 3.87. The van der Waals surface area contributed by atoms with E-state index in [9.17, 15) is 4.79 Å². The van der Waals surface area contributed by atoms with Gasteiger partial charge in [0.2, 0.25) is 0 Å². The molecule has 0 aromatic heterocycles. The largest absolute Gasteiger partial charge is 0.478 e. The van der Waals surface area contributed by atoms with Crippen LogP contribution in [-0.4, -0.2) is 31.9 Å². The third-order valence-corrected chi connectivity index (χ3v) is 1.78. The van der Waals surface area contributed by atoms with Crippen LogP contribution in [0.1, 0.15) is 12.8 Å². The molecule has 0 unspecified atom stereocenters. The lowest BCUT2D eigenvalue weighted by atomic mass is 10.3. The van der Waals surface area contributed by atoms with Gasteiger partial charge in [0.05, 0.1) is 6.42 Å². The van der Waals surface area contributed by atoms with E-state index in [1.54, 1.807) is 0 Å². The maximum Gasteiger partial charge on any atom is 0.478 e. The quantitative estimate of drug-likeness (QED) is 0.406. The highest BCUT2D eigenvalue weighted by molar-refractivity contribution is 7.76. The van der Waals surface area contributed by atoms with E-state index in [0.29, 0.717) is 0 Å². The predicted octanol–water partition coefficient (Wildman–Crippen LogP) is -0.975. The lowest BCUT2D eigenvalue weighted by Crippen LogP contribution is -2.05. The third-order valence-electron chi connectivity index (χ3n) is 0.883. The van der Waals surface area contributed by atoms with E-state index in [-0.39, 0.29) is 19.4 Å². The summed E-state index contributed by atoms with van der Waals surface area (Å²) in [6.45, 7) is -0.203. The molecule has 60 valence electrons. The fourth-order valence-corrected chi connectivity index (χ4v) is 0.838. The van der Waals surface area contributed by atoms with Gasteiger partial charge in [0.15, 0.2) is 0 Å². The number of aliphatic hydroxyl groups excluding tert-OH is 1. The summed E-state index contributed by atoms with van der Waals surface area (Å²) in [5.74, 6) is 0. The Morgan fingerprint density at radius 1 is 1.30 bits per heavy atom. The number of aliphatic hydroxyl groups is 1. The van der Waals surface area contributed by atoms with Crippen LogP contribution >= 0.6 is 7.94 Å². The van der Waals surface area contributed by atoms with Crippen molar-refractivity contribution in [2.45, 2.75) is 12.8 Å². The Bertz CT molecular complexity index is 117. The zero-order valence-electron chi connectivity index (χ0n) is 5.27. The SMILES string of the molecule is O=C(CCCO)[P+](O)(O)O. The molecule has 0 amide bonds. The van der Waals surface area contributed by atoms with Crippen molar-refractivity contribution in [1.29, 1.82) is 0 Å². The maximum absolute atomic E-state index is 10.4. The number of hydrogen-bond acceptors (Lipinski definition) is 5. The highest BCUT2D eigenvalue weighted by Crippen LogP contribution is 2.46. The Balaban J connectivity index is 3.64. The van der Waals surface area contributed by atoms with Gasteiger partial charge in [0, 0.05) is 6.61 Å². The van der Waals surface area contributed by atoms with Gasteiger partial charge in [-0.25, -0.2) is 4.79 Å². The molecule has 6 heteroatoms. The van der Waals surface area contributed by atoms with Gasteiger partial charge in [-0.15, -0.1) is 0 Å². The lowest BCUT2D eigenvalue weighted by molar-refractivity contribution is -0.114. The second-order valence-corrected chi connectivity index (χ2v) is 3.42. The minimum absolute atomic E-state index is 0.141. The van der Waals surface area contributed by atoms with Crippen molar-refractivity contribution in [3.8, 4) is 0 Å². The van der Waals surface area contributed by atoms with Gasteiger partial charge in [-0.2, -0.15) is 14.7 Å². The van der Waals surface area contributed by atoms with Crippen molar-refractivity contribution in [3.63, 3.8) is 0 Å². The van der Waals surface area contributed by atoms with Crippen LogP contribution in [0.4, 0.5) is 0 Å². The van der Waals surface area contributed by atoms with Crippen LogP contribution in [0.15, 0.2) is 0 Å². The van der Waals surface area contributed by atoms with Gasteiger partial charge < -0.3 is 5.11 Å². The molecule has 0 spiro atoms. The van der Waals surface area contributed by atoms with Crippen LogP contribution in [-0.2, 0) is 4.79 Å². The van der Waals surface area contributed by atoms with E-state index in [0.717, 1.165) is 0 Å². The lowest BCUT2D eigenvalue weighted by Gasteiger charge is -1.99. The summed E-state index contributed by atoms with van der Waals surface area (Å²) >= 11 is 0. The first-order valence-electron chi connectivity index (χ1n) is 2.70. The van der Waals surface area contributed by atoms with E-state index >= 15 is 0 Å². The molecule has 0 heterocycles. The number of carbonyl (C=O) groups is 1. The molecule has 0 aromatic carbocycles. The molecule has 0 fully saturated rings. The zero-order valence-corrected chi connectivity index (χ0v) is 6.16. The molecule has 0 saturated carbocycles. The van der Waals surface area contributed by atoms with Crippen LogP contribution in [0.5, 0.6) is 0 Å². The predicted molar refractivity (Wildman–Crippen MR) is 34.9 cm³/mol. The van der Waals surface area contributed by atoms with Gasteiger partial charge in [0.1, 0.15) is 0 Å². The molecule has 4 N–H and O–H groups in total. The first kappa shape index (κ1) is 9.94. The fourth-order valence-electron chi connectivity index (χ4n) is 0.380. The first-order chi connectivity index (χ1) is 4.48. The Hall–Kier alpha value is -0.0600. The van der Waals surface area contributed by atoms with Gasteiger partial charge in [-0.1, -0.05) is 0 Å². The second kappa shape index (κ2) is 3.95. The van der Waals surface area contributed by atoms with Crippen molar-refractivity contribution in [3.05, 3.63) is 0 Å². The molecule has 0 aromatic rings. The van der Waals surface area contributed by atoms with Gasteiger partial charge in [-0.3, -0.25) is 0 Å². The summed E-state index contributed by atoms with van der Waals surface area (Å²) in [5.41, 5.74) is -0.999. The van der Waals surface area contributed by atoms with Crippen molar-refractivity contribution in [2.24, 2.45) is 0 Å². The van der Waals surface area contributed by atoms with Gasteiger partial charge >= 0.3 is 13.5 Å². The molecular formula is C4H10O5P+. The maximum atomic E-state index is 10.4. The molecule has 0 saturated heterocycles. The Labute approximate surface area is 58.5 Å². The van der Waals surface area contributed by atoms with Crippen molar-refractivity contribution in [1.82, 2.24) is 0 Å². The standard InChI is InChI=1S/C4H10O5P/c5-3-1-2-4(6)10(7,8)9/h5,7-9H,1-3H2/q+1. The molecule has 10 heavy (non-hydrogen) atoms. The van der Waals surface area contributed by atoms with Crippen molar-refractivity contribution < 1.29 is 24.6 Å². The summed E-state index contributed by atoms with van der Waals surface area (Å²) in [4.78, 5) is 35.3. The minimum Gasteiger partial charge on any atom is -0.396 e. The molecule has 0 aliphatic carbocycles. The number of carbonyl (C=O) groups excluding carboxylic acids is 1. The Morgan fingerprint density at radius 3 is 2.10 bits per heavy atom. The Morgan fingerprint density at radius 2 is 1.80 bits per heavy atom. The van der Waals surface area contributed by atoms with Crippen LogP contribution < -0.4 is 0 Å². The van der Waals surface area contributed by atoms with Crippen molar-refractivity contribution in [2.75, 3.05) is 6.61 Å². The van der Waals surface area contributed by atoms with E-state index < -0.39 is 13.5 Å². The first-order valence-corrected chi connectivity index (χ1v) is 4.34. The highest BCUT2D eigenvalue weighted by atomic mass is 31.2. The normalized spacial score (nSPS) is 11.6. The van der Waals surface area contributed by atoms with Gasteiger partial charge in [-0.05, 0) is 6.42 Å². The molecule has 5 nitrogen and oxygen atoms in total. The van der Waals surface area contributed by atoms with E-state index in [1.165, 1.54) is 0 Å². The van der Waals surface area contributed by atoms with Crippen molar-refractivity contribution >= 4 is 13.5 Å². The van der Waals surface area contributed by atoms with E-state index in [4.69, 9.17) is 19.8 Å². The minimum atomic E-state index is -4.29. The highest BCUT2D eigenvalue weighted by Gasteiger charge is 2.41. The van der Waals surface area contributed by atoms with Crippen LogP contribution in [0, 0.1) is 0 Å². The summed E-state index contributed by atoms with van der Waals surface area (Å²) in [7, 11) is -4.29. The summed E-state index contributed by atoms with van der Waals surface area (Å²) in [6.07, 6.45) is -0.0595. The molecular weight excluding hydrogens is 159 g/mol. The molecule has 0 rings (SSSR count). The summed E-state index contributed by atoms with van der Waals surface area (Å²) in [5, 5.41) is 8.20. The monoisotopic (exact) mass is 169 g/mol. The fraction of sp³-hybridized carbons (Fsp3) is 0.750. The molecule has 0 atom stereocenters. The van der Waals surface area contributed by atoms with Gasteiger partial charge in [0.25, 0.3) is 0 Å². The van der Waals surface area contributed by atoms with E-state index in [2.05, 4.69) is 0 Å². The Kier molecular flexibility index (Phi) is 3.93. The molecule has 0 bridgehead atoms. The average Bonchev–Trinajstić information content (AvgIpc) is 1.80. The molecule has 0 aliphatic rings. The number of hydrogen-bond donors (Lipinski definition) is 4. The molecule has 0 radical (unpaired) electrons. The second-order valence-electron chi connectivity index (χ2n) is 1.79. The molecule has 0 aliphatic heterocycles.